The Kier molecular flexibility index (Phi) is 4.27. The number of ether oxygens (including phenoxy) is 1. The lowest BCUT2D eigenvalue weighted by Gasteiger charge is -2.24. The standard InChI is InChI=1S/C17H25NOS/c1-4-12-7-8-15(19-3)16-13(11-20-17(12)16)10-14-6-5-9-18(14)2/h7-8,13-14H,4-6,9-11H2,1-3H3/t13?,14-/m1/s1. The summed E-state index contributed by atoms with van der Waals surface area (Å²) in [5.74, 6) is 3.00. The first-order valence-corrected chi connectivity index (χ1v) is 8.76. The molecule has 1 saturated heterocycles. The van der Waals surface area contributed by atoms with Gasteiger partial charge in [-0.2, -0.15) is 0 Å². The van der Waals surface area contributed by atoms with E-state index in [0.29, 0.717) is 5.92 Å². The molecule has 110 valence electrons. The zero-order chi connectivity index (χ0) is 14.1. The van der Waals surface area contributed by atoms with Crippen molar-refractivity contribution in [2.24, 2.45) is 0 Å². The largest absolute Gasteiger partial charge is 0.496 e. The number of hydrogen-bond donors (Lipinski definition) is 0. The average molecular weight is 291 g/mol. The Morgan fingerprint density at radius 3 is 2.90 bits per heavy atom. The van der Waals surface area contributed by atoms with E-state index in [4.69, 9.17) is 4.74 Å². The van der Waals surface area contributed by atoms with Crippen LogP contribution < -0.4 is 4.74 Å². The second-order valence-corrected chi connectivity index (χ2v) is 7.07. The molecule has 2 heterocycles. The van der Waals surface area contributed by atoms with Crippen molar-refractivity contribution in [2.45, 2.75) is 49.5 Å². The zero-order valence-corrected chi connectivity index (χ0v) is 13.6. The molecule has 1 aromatic carbocycles. The Hall–Kier alpha value is -0.670. The Balaban J connectivity index is 1.88. The molecule has 20 heavy (non-hydrogen) atoms. The van der Waals surface area contributed by atoms with Gasteiger partial charge in [-0.05, 0) is 56.8 Å². The number of nitrogens with zero attached hydrogens (tertiary/aromatic N) is 1. The molecule has 0 saturated carbocycles. The minimum Gasteiger partial charge on any atom is -0.496 e. The maximum atomic E-state index is 5.65. The first-order chi connectivity index (χ1) is 9.74. The predicted molar refractivity (Wildman–Crippen MR) is 86.1 cm³/mol. The molecular weight excluding hydrogens is 266 g/mol. The van der Waals surface area contributed by atoms with E-state index in [2.05, 4.69) is 31.0 Å². The average Bonchev–Trinajstić information content (AvgIpc) is 3.06. The van der Waals surface area contributed by atoms with Crippen LogP contribution in [0, 0.1) is 0 Å². The minimum absolute atomic E-state index is 0.669. The number of benzene rings is 1. The Labute approximate surface area is 126 Å². The summed E-state index contributed by atoms with van der Waals surface area (Å²) in [4.78, 5) is 4.05. The van der Waals surface area contributed by atoms with E-state index >= 15 is 0 Å². The molecule has 2 aliphatic heterocycles. The van der Waals surface area contributed by atoms with Gasteiger partial charge in [-0.15, -0.1) is 11.8 Å². The summed E-state index contributed by atoms with van der Waals surface area (Å²) in [5, 5.41) is 0. The van der Waals surface area contributed by atoms with E-state index in [-0.39, 0.29) is 0 Å². The number of rotatable bonds is 4. The maximum absolute atomic E-state index is 5.65. The molecule has 3 heteroatoms. The van der Waals surface area contributed by atoms with Crippen LogP contribution in [-0.4, -0.2) is 37.4 Å². The quantitative estimate of drug-likeness (QED) is 0.834. The first-order valence-electron chi connectivity index (χ1n) is 7.77. The highest BCUT2D eigenvalue weighted by Crippen LogP contribution is 2.49. The summed E-state index contributed by atoms with van der Waals surface area (Å²) in [6, 6.07) is 5.19. The zero-order valence-electron chi connectivity index (χ0n) is 12.8. The van der Waals surface area contributed by atoms with Crippen molar-refractivity contribution < 1.29 is 4.74 Å². The third kappa shape index (κ3) is 2.46. The van der Waals surface area contributed by atoms with Gasteiger partial charge in [0.15, 0.2) is 0 Å². The Bertz CT molecular complexity index is 488. The van der Waals surface area contributed by atoms with Gasteiger partial charge in [0, 0.05) is 22.3 Å². The smallest absolute Gasteiger partial charge is 0.123 e. The number of aryl methyl sites for hydroxylation is 1. The van der Waals surface area contributed by atoms with Crippen LogP contribution in [-0.2, 0) is 6.42 Å². The Morgan fingerprint density at radius 2 is 2.25 bits per heavy atom. The van der Waals surface area contributed by atoms with Gasteiger partial charge < -0.3 is 9.64 Å². The highest BCUT2D eigenvalue weighted by molar-refractivity contribution is 7.99. The van der Waals surface area contributed by atoms with Crippen LogP contribution in [0.3, 0.4) is 0 Å². The molecule has 2 nitrogen and oxygen atoms in total. The van der Waals surface area contributed by atoms with Crippen molar-refractivity contribution in [3.05, 3.63) is 23.3 Å². The predicted octanol–water partition coefficient (Wildman–Crippen LogP) is 3.93. The molecule has 0 radical (unpaired) electrons. The van der Waals surface area contributed by atoms with Gasteiger partial charge in [0.2, 0.25) is 0 Å². The van der Waals surface area contributed by atoms with Crippen LogP contribution >= 0.6 is 11.8 Å². The molecule has 0 aromatic heterocycles. The Morgan fingerprint density at radius 1 is 1.40 bits per heavy atom. The fourth-order valence-corrected chi connectivity index (χ4v) is 5.19. The van der Waals surface area contributed by atoms with Crippen LogP contribution in [0.25, 0.3) is 0 Å². The molecule has 1 aromatic rings. The monoisotopic (exact) mass is 291 g/mol. The van der Waals surface area contributed by atoms with Crippen molar-refractivity contribution in [1.82, 2.24) is 4.90 Å². The molecule has 1 fully saturated rings. The lowest BCUT2D eigenvalue weighted by Crippen LogP contribution is -2.26. The molecule has 3 rings (SSSR count). The second-order valence-electron chi connectivity index (χ2n) is 6.04. The molecule has 2 atom stereocenters. The summed E-state index contributed by atoms with van der Waals surface area (Å²) >= 11 is 2.04. The normalized spacial score (nSPS) is 25.9. The summed E-state index contributed by atoms with van der Waals surface area (Å²) in [5.41, 5.74) is 2.99. The third-order valence-electron chi connectivity index (χ3n) is 4.90. The van der Waals surface area contributed by atoms with E-state index < -0.39 is 0 Å². The number of likely N-dealkylation sites (tertiary alicyclic amines) is 1. The van der Waals surface area contributed by atoms with Gasteiger partial charge in [-0.3, -0.25) is 0 Å². The molecule has 0 amide bonds. The number of fused-ring (bicyclic) bond motifs is 1. The third-order valence-corrected chi connectivity index (χ3v) is 6.24. The van der Waals surface area contributed by atoms with E-state index in [1.807, 2.05) is 18.9 Å². The maximum Gasteiger partial charge on any atom is 0.123 e. The van der Waals surface area contributed by atoms with Crippen molar-refractivity contribution in [1.29, 1.82) is 0 Å². The van der Waals surface area contributed by atoms with E-state index in [9.17, 15) is 0 Å². The van der Waals surface area contributed by atoms with Crippen molar-refractivity contribution in [3.8, 4) is 5.75 Å². The van der Waals surface area contributed by atoms with Gasteiger partial charge >= 0.3 is 0 Å². The fraction of sp³-hybridized carbons (Fsp3) is 0.647. The molecule has 0 spiro atoms. The summed E-state index contributed by atoms with van der Waals surface area (Å²) in [6.45, 7) is 3.52. The van der Waals surface area contributed by atoms with Crippen LogP contribution in [0.1, 0.15) is 43.2 Å². The van der Waals surface area contributed by atoms with Crippen molar-refractivity contribution >= 4 is 11.8 Å². The molecule has 1 unspecified atom stereocenters. The highest BCUT2D eigenvalue weighted by Gasteiger charge is 2.32. The molecule has 0 N–H and O–H groups in total. The first kappa shape index (κ1) is 14.3. The van der Waals surface area contributed by atoms with Gasteiger partial charge in [-0.25, -0.2) is 0 Å². The SMILES string of the molecule is CCc1ccc(OC)c2c1SCC2C[C@H]1CCCN1C. The van der Waals surface area contributed by atoms with Crippen molar-refractivity contribution in [3.63, 3.8) is 0 Å². The van der Waals surface area contributed by atoms with E-state index in [1.54, 1.807) is 0 Å². The lowest BCUT2D eigenvalue weighted by molar-refractivity contribution is 0.284. The van der Waals surface area contributed by atoms with Crippen LogP contribution in [0.4, 0.5) is 0 Å². The van der Waals surface area contributed by atoms with Crippen LogP contribution in [0.15, 0.2) is 17.0 Å². The summed E-state index contributed by atoms with van der Waals surface area (Å²) in [7, 11) is 4.09. The molecular formula is C17H25NOS. The van der Waals surface area contributed by atoms with Gasteiger partial charge in [0.05, 0.1) is 7.11 Å². The molecule has 0 aliphatic carbocycles. The summed E-state index contributed by atoms with van der Waals surface area (Å²) in [6.07, 6.45) is 5.14. The summed E-state index contributed by atoms with van der Waals surface area (Å²) < 4.78 is 5.65. The topological polar surface area (TPSA) is 12.5 Å². The van der Waals surface area contributed by atoms with Crippen molar-refractivity contribution in [2.75, 3.05) is 26.5 Å². The second kappa shape index (κ2) is 5.98. The number of methoxy groups -OCH3 is 1. The lowest BCUT2D eigenvalue weighted by atomic mass is 9.91. The molecule has 2 aliphatic rings. The fourth-order valence-electron chi connectivity index (χ4n) is 3.70. The van der Waals surface area contributed by atoms with Gasteiger partial charge in [0.25, 0.3) is 0 Å². The highest BCUT2D eigenvalue weighted by atomic mass is 32.2. The van der Waals surface area contributed by atoms with Crippen LogP contribution in [0.2, 0.25) is 0 Å². The van der Waals surface area contributed by atoms with E-state index in [1.165, 1.54) is 47.6 Å². The van der Waals surface area contributed by atoms with Gasteiger partial charge in [0.1, 0.15) is 5.75 Å². The number of hydrogen-bond acceptors (Lipinski definition) is 3. The van der Waals surface area contributed by atoms with Gasteiger partial charge in [-0.1, -0.05) is 13.0 Å². The van der Waals surface area contributed by atoms with Crippen LogP contribution in [0.5, 0.6) is 5.75 Å². The number of thioether (sulfide) groups is 1. The molecule has 0 bridgehead atoms. The minimum atomic E-state index is 0.669. The van der Waals surface area contributed by atoms with E-state index in [0.717, 1.165) is 18.2 Å².